The van der Waals surface area contributed by atoms with Crippen molar-refractivity contribution in [2.45, 2.75) is 33.8 Å². The maximum Gasteiger partial charge on any atom is 0.347 e. The maximum atomic E-state index is 12.1. The quantitative estimate of drug-likeness (QED) is 0.791. The van der Waals surface area contributed by atoms with Gasteiger partial charge in [0, 0.05) is 5.69 Å². The Hall–Kier alpha value is -3.33. The Morgan fingerprint density at radius 3 is 2.26 bits per heavy atom. The SMILES string of the molecule is Cc1cc(C)c(NC(=O)COC(=O)[C@H](C)Oc2ccc(C#N)cc2)c(C)c1. The van der Waals surface area contributed by atoms with Crippen LogP contribution in [0, 0.1) is 32.1 Å². The van der Waals surface area contributed by atoms with Gasteiger partial charge >= 0.3 is 5.97 Å². The van der Waals surface area contributed by atoms with Crippen molar-refractivity contribution in [3.05, 3.63) is 58.7 Å². The summed E-state index contributed by atoms with van der Waals surface area (Å²) in [5, 5.41) is 11.5. The van der Waals surface area contributed by atoms with Gasteiger partial charge in [0.25, 0.3) is 5.91 Å². The van der Waals surface area contributed by atoms with E-state index in [4.69, 9.17) is 14.7 Å². The summed E-state index contributed by atoms with van der Waals surface area (Å²) >= 11 is 0. The molecule has 0 radical (unpaired) electrons. The van der Waals surface area contributed by atoms with E-state index in [1.807, 2.05) is 39.0 Å². The van der Waals surface area contributed by atoms with E-state index in [0.717, 1.165) is 22.4 Å². The Labute approximate surface area is 158 Å². The van der Waals surface area contributed by atoms with Crippen molar-refractivity contribution in [3.8, 4) is 11.8 Å². The molecular formula is C21H22N2O4. The lowest BCUT2D eigenvalue weighted by Crippen LogP contribution is -2.30. The Bertz CT molecular complexity index is 859. The number of ether oxygens (including phenoxy) is 2. The number of anilines is 1. The van der Waals surface area contributed by atoms with E-state index in [9.17, 15) is 9.59 Å². The summed E-state index contributed by atoms with van der Waals surface area (Å²) in [5.41, 5.74) is 4.23. The van der Waals surface area contributed by atoms with Crippen molar-refractivity contribution in [2.75, 3.05) is 11.9 Å². The van der Waals surface area contributed by atoms with Crippen LogP contribution in [0.15, 0.2) is 36.4 Å². The zero-order valence-corrected chi connectivity index (χ0v) is 15.8. The van der Waals surface area contributed by atoms with Gasteiger partial charge in [-0.3, -0.25) is 4.79 Å². The van der Waals surface area contributed by atoms with Crippen LogP contribution in [0.4, 0.5) is 5.69 Å². The first-order chi connectivity index (χ1) is 12.8. The first-order valence-electron chi connectivity index (χ1n) is 8.51. The molecule has 0 fully saturated rings. The Balaban J connectivity index is 1.87. The number of aryl methyl sites for hydroxylation is 3. The number of nitriles is 1. The summed E-state index contributed by atoms with van der Waals surface area (Å²) < 4.78 is 10.5. The molecule has 0 aliphatic rings. The fourth-order valence-electron chi connectivity index (χ4n) is 2.67. The summed E-state index contributed by atoms with van der Waals surface area (Å²) in [5.74, 6) is -0.621. The minimum Gasteiger partial charge on any atom is -0.479 e. The minimum absolute atomic E-state index is 0.396. The average molecular weight is 366 g/mol. The second kappa shape index (κ2) is 8.86. The van der Waals surface area contributed by atoms with Crippen molar-refractivity contribution in [3.63, 3.8) is 0 Å². The second-order valence-corrected chi connectivity index (χ2v) is 6.33. The predicted octanol–water partition coefficient (Wildman–Crippen LogP) is 3.43. The van der Waals surface area contributed by atoms with Gasteiger partial charge in [0.1, 0.15) is 5.75 Å². The summed E-state index contributed by atoms with van der Waals surface area (Å²) in [4.78, 5) is 24.1. The molecule has 6 heteroatoms. The van der Waals surface area contributed by atoms with Crippen LogP contribution in [0.1, 0.15) is 29.2 Å². The van der Waals surface area contributed by atoms with Gasteiger partial charge in [0.05, 0.1) is 11.6 Å². The van der Waals surface area contributed by atoms with Crippen LogP contribution in [-0.2, 0) is 14.3 Å². The normalized spacial score (nSPS) is 11.2. The zero-order chi connectivity index (χ0) is 20.0. The molecule has 0 unspecified atom stereocenters. The smallest absolute Gasteiger partial charge is 0.347 e. The molecule has 1 atom stereocenters. The maximum absolute atomic E-state index is 12.1. The van der Waals surface area contributed by atoms with Crippen molar-refractivity contribution in [1.82, 2.24) is 0 Å². The van der Waals surface area contributed by atoms with Gasteiger partial charge in [0.2, 0.25) is 0 Å². The van der Waals surface area contributed by atoms with Crippen LogP contribution in [0.25, 0.3) is 0 Å². The molecular weight excluding hydrogens is 344 g/mol. The molecule has 0 aliphatic carbocycles. The molecule has 0 heterocycles. The number of nitrogens with one attached hydrogen (secondary N) is 1. The van der Waals surface area contributed by atoms with Gasteiger partial charge in [0.15, 0.2) is 12.7 Å². The third-order valence-corrected chi connectivity index (χ3v) is 3.92. The summed E-state index contributed by atoms with van der Waals surface area (Å²) in [6.45, 7) is 6.95. The lowest BCUT2D eigenvalue weighted by molar-refractivity contribution is -0.153. The van der Waals surface area contributed by atoms with E-state index in [1.165, 1.54) is 6.92 Å². The number of hydrogen-bond acceptors (Lipinski definition) is 5. The molecule has 0 saturated carbocycles. The summed E-state index contributed by atoms with van der Waals surface area (Å²) in [7, 11) is 0. The summed E-state index contributed by atoms with van der Waals surface area (Å²) in [6.07, 6.45) is -0.881. The van der Waals surface area contributed by atoms with Crippen molar-refractivity contribution < 1.29 is 19.1 Å². The molecule has 2 aromatic rings. The highest BCUT2D eigenvalue weighted by molar-refractivity contribution is 5.94. The standard InChI is InChI=1S/C21H22N2O4/c1-13-9-14(2)20(15(3)10-13)23-19(24)12-26-21(25)16(4)27-18-7-5-17(11-22)6-8-18/h5-10,16H,12H2,1-4H3,(H,23,24)/t16-/m0/s1. The number of carbonyl (C=O) groups is 2. The summed E-state index contributed by atoms with van der Waals surface area (Å²) in [6, 6.07) is 12.3. The van der Waals surface area contributed by atoms with Crippen molar-refractivity contribution in [1.29, 1.82) is 5.26 Å². The highest BCUT2D eigenvalue weighted by Crippen LogP contribution is 2.21. The van der Waals surface area contributed by atoms with E-state index >= 15 is 0 Å². The molecule has 0 saturated heterocycles. The highest BCUT2D eigenvalue weighted by Gasteiger charge is 2.18. The first kappa shape index (κ1) is 20.0. The number of carbonyl (C=O) groups excluding carboxylic acids is 2. The molecule has 27 heavy (non-hydrogen) atoms. The van der Waals surface area contributed by atoms with Crippen LogP contribution < -0.4 is 10.1 Å². The molecule has 0 aliphatic heterocycles. The number of benzene rings is 2. The first-order valence-corrected chi connectivity index (χ1v) is 8.51. The topological polar surface area (TPSA) is 88.4 Å². The second-order valence-electron chi connectivity index (χ2n) is 6.33. The number of amides is 1. The van der Waals surface area contributed by atoms with E-state index < -0.39 is 24.6 Å². The number of rotatable bonds is 6. The van der Waals surface area contributed by atoms with Gasteiger partial charge < -0.3 is 14.8 Å². The minimum atomic E-state index is -0.881. The van der Waals surface area contributed by atoms with E-state index in [0.29, 0.717) is 11.3 Å². The number of esters is 1. The van der Waals surface area contributed by atoms with Gasteiger partial charge in [-0.15, -0.1) is 0 Å². The largest absolute Gasteiger partial charge is 0.479 e. The van der Waals surface area contributed by atoms with Gasteiger partial charge in [-0.25, -0.2) is 4.79 Å². The average Bonchev–Trinajstić information content (AvgIpc) is 2.63. The van der Waals surface area contributed by atoms with Gasteiger partial charge in [-0.1, -0.05) is 17.7 Å². The molecule has 2 aromatic carbocycles. The van der Waals surface area contributed by atoms with Crippen LogP contribution in [0.5, 0.6) is 5.75 Å². The van der Waals surface area contributed by atoms with Crippen LogP contribution in [-0.4, -0.2) is 24.6 Å². The molecule has 0 bridgehead atoms. The lowest BCUT2D eigenvalue weighted by atomic mass is 10.1. The van der Waals surface area contributed by atoms with Gasteiger partial charge in [-0.2, -0.15) is 5.26 Å². The Morgan fingerprint density at radius 1 is 1.11 bits per heavy atom. The Kier molecular flexibility index (Phi) is 6.56. The van der Waals surface area contributed by atoms with Crippen LogP contribution >= 0.6 is 0 Å². The molecule has 2 rings (SSSR count). The van der Waals surface area contributed by atoms with E-state index in [-0.39, 0.29) is 0 Å². The van der Waals surface area contributed by atoms with Crippen molar-refractivity contribution >= 4 is 17.6 Å². The third-order valence-electron chi connectivity index (χ3n) is 3.92. The number of hydrogen-bond donors (Lipinski definition) is 1. The van der Waals surface area contributed by atoms with E-state index in [2.05, 4.69) is 5.32 Å². The zero-order valence-electron chi connectivity index (χ0n) is 15.8. The van der Waals surface area contributed by atoms with Gasteiger partial charge in [-0.05, 0) is 63.1 Å². The molecule has 1 amide bonds. The highest BCUT2D eigenvalue weighted by atomic mass is 16.6. The fraction of sp³-hybridized carbons (Fsp3) is 0.286. The third kappa shape index (κ3) is 5.58. The van der Waals surface area contributed by atoms with Crippen molar-refractivity contribution in [2.24, 2.45) is 0 Å². The molecule has 0 aromatic heterocycles. The molecule has 1 N–H and O–H groups in total. The molecule has 140 valence electrons. The molecule has 0 spiro atoms. The fourth-order valence-corrected chi connectivity index (χ4v) is 2.67. The van der Waals surface area contributed by atoms with E-state index in [1.54, 1.807) is 24.3 Å². The molecule has 6 nitrogen and oxygen atoms in total. The lowest BCUT2D eigenvalue weighted by Gasteiger charge is -2.15. The predicted molar refractivity (Wildman–Crippen MR) is 101 cm³/mol. The Morgan fingerprint density at radius 2 is 1.70 bits per heavy atom. The monoisotopic (exact) mass is 366 g/mol. The van der Waals surface area contributed by atoms with Crippen LogP contribution in [0.2, 0.25) is 0 Å². The number of nitrogens with zero attached hydrogens (tertiary/aromatic N) is 1. The van der Waals surface area contributed by atoms with Crippen LogP contribution in [0.3, 0.4) is 0 Å².